The molecular formula is C21H14O. The van der Waals surface area contributed by atoms with Gasteiger partial charge in [0.2, 0.25) is 0 Å². The molecule has 0 saturated heterocycles. The molecule has 0 amide bonds. The Labute approximate surface area is 130 Å². The van der Waals surface area contributed by atoms with E-state index in [1.165, 1.54) is 0 Å². The minimum atomic E-state index is 0.858. The van der Waals surface area contributed by atoms with Gasteiger partial charge in [0.15, 0.2) is 0 Å². The third kappa shape index (κ3) is 2.95. The van der Waals surface area contributed by atoms with Gasteiger partial charge in [0, 0.05) is 21.9 Å². The van der Waals surface area contributed by atoms with Crippen molar-refractivity contribution in [3.8, 4) is 29.4 Å². The summed E-state index contributed by atoms with van der Waals surface area (Å²) in [6.45, 7) is 0. The van der Waals surface area contributed by atoms with Crippen LogP contribution in [0.5, 0.6) is 5.75 Å². The molecule has 0 aliphatic rings. The van der Waals surface area contributed by atoms with E-state index in [-0.39, 0.29) is 0 Å². The van der Waals surface area contributed by atoms with Crippen LogP contribution >= 0.6 is 0 Å². The normalized spacial score (nSPS) is 9.32. The third-order valence-corrected chi connectivity index (χ3v) is 3.34. The van der Waals surface area contributed by atoms with E-state index in [4.69, 9.17) is 4.74 Å². The van der Waals surface area contributed by atoms with Crippen molar-refractivity contribution in [2.45, 2.75) is 0 Å². The van der Waals surface area contributed by atoms with E-state index in [1.54, 1.807) is 7.11 Å². The average Bonchev–Trinajstić information content (AvgIpc) is 2.59. The Morgan fingerprint density at radius 1 is 0.682 bits per heavy atom. The lowest BCUT2D eigenvalue weighted by atomic mass is 10.0. The molecule has 0 unspecified atom stereocenters. The van der Waals surface area contributed by atoms with E-state index in [2.05, 4.69) is 23.7 Å². The maximum absolute atomic E-state index is 5.39. The number of hydrogen-bond donors (Lipinski definition) is 0. The lowest BCUT2D eigenvalue weighted by Gasteiger charge is -2.06. The van der Waals surface area contributed by atoms with Gasteiger partial charge in [-0.25, -0.2) is 0 Å². The Hall–Kier alpha value is -3.16. The van der Waals surface area contributed by atoms with Crippen LogP contribution in [0.4, 0.5) is 0 Å². The highest BCUT2D eigenvalue weighted by Gasteiger charge is 2.03. The van der Waals surface area contributed by atoms with Gasteiger partial charge in [-0.1, -0.05) is 54.3 Å². The molecule has 0 bridgehead atoms. The average molecular weight is 282 g/mol. The van der Waals surface area contributed by atoms with E-state index in [1.807, 2.05) is 66.7 Å². The lowest BCUT2D eigenvalue weighted by Crippen LogP contribution is -1.87. The first-order chi connectivity index (χ1) is 10.9. The summed E-state index contributed by atoms with van der Waals surface area (Å²) >= 11 is 0. The van der Waals surface area contributed by atoms with Crippen LogP contribution in [0.15, 0.2) is 66.7 Å². The number of fused-ring (bicyclic) bond motifs is 1. The zero-order valence-corrected chi connectivity index (χ0v) is 12.3. The number of hydrogen-bond acceptors (Lipinski definition) is 1. The summed E-state index contributed by atoms with van der Waals surface area (Å²) in [4.78, 5) is 0. The van der Waals surface area contributed by atoms with E-state index in [0.29, 0.717) is 0 Å². The summed E-state index contributed by atoms with van der Waals surface area (Å²) in [5, 5.41) is 2.14. The van der Waals surface area contributed by atoms with Crippen molar-refractivity contribution in [2.24, 2.45) is 0 Å². The molecule has 104 valence electrons. The monoisotopic (exact) mass is 282 g/mol. The Morgan fingerprint density at radius 2 is 1.36 bits per heavy atom. The highest BCUT2D eigenvalue weighted by molar-refractivity contribution is 5.93. The van der Waals surface area contributed by atoms with Crippen LogP contribution in [0.1, 0.15) is 11.1 Å². The van der Waals surface area contributed by atoms with Gasteiger partial charge >= 0.3 is 0 Å². The van der Waals surface area contributed by atoms with Crippen LogP contribution in [0.25, 0.3) is 10.8 Å². The molecule has 0 N–H and O–H groups in total. The zero-order valence-electron chi connectivity index (χ0n) is 12.3. The maximum atomic E-state index is 5.39. The van der Waals surface area contributed by atoms with Crippen molar-refractivity contribution in [3.63, 3.8) is 0 Å². The van der Waals surface area contributed by atoms with Crippen molar-refractivity contribution in [1.29, 1.82) is 0 Å². The molecule has 0 fully saturated rings. The van der Waals surface area contributed by atoms with Gasteiger partial charge in [-0.15, -0.1) is 0 Å². The SMILES string of the molecule is COc1ccc(C#CC#Cc2ccccc2)c2ccccc12. The Balaban J connectivity index is 1.96. The zero-order chi connectivity index (χ0) is 15.2. The van der Waals surface area contributed by atoms with Crippen molar-refractivity contribution >= 4 is 10.8 Å². The molecular weight excluding hydrogens is 268 g/mol. The van der Waals surface area contributed by atoms with Crippen molar-refractivity contribution in [1.82, 2.24) is 0 Å². The number of rotatable bonds is 1. The van der Waals surface area contributed by atoms with Crippen molar-refractivity contribution in [2.75, 3.05) is 7.11 Å². The van der Waals surface area contributed by atoms with Gasteiger partial charge < -0.3 is 4.74 Å². The molecule has 0 heterocycles. The van der Waals surface area contributed by atoms with Crippen LogP contribution in [-0.4, -0.2) is 7.11 Å². The first-order valence-electron chi connectivity index (χ1n) is 7.01. The minimum Gasteiger partial charge on any atom is -0.496 e. The van der Waals surface area contributed by atoms with Gasteiger partial charge in [-0.05, 0) is 36.1 Å². The van der Waals surface area contributed by atoms with Crippen molar-refractivity contribution < 1.29 is 4.74 Å². The summed E-state index contributed by atoms with van der Waals surface area (Å²) in [6.07, 6.45) is 0. The molecule has 1 heteroatoms. The summed E-state index contributed by atoms with van der Waals surface area (Å²) in [5.41, 5.74) is 1.93. The quantitative estimate of drug-likeness (QED) is 0.606. The largest absolute Gasteiger partial charge is 0.496 e. The smallest absolute Gasteiger partial charge is 0.126 e. The van der Waals surface area contributed by atoms with Crippen LogP contribution in [0.3, 0.4) is 0 Å². The Morgan fingerprint density at radius 3 is 2.14 bits per heavy atom. The third-order valence-electron chi connectivity index (χ3n) is 3.34. The number of ether oxygens (including phenoxy) is 1. The highest BCUT2D eigenvalue weighted by atomic mass is 16.5. The fraction of sp³-hybridized carbons (Fsp3) is 0.0476. The Kier molecular flexibility index (Phi) is 4.10. The van der Waals surface area contributed by atoms with Gasteiger partial charge in [-0.3, -0.25) is 0 Å². The molecule has 0 aliphatic carbocycles. The van der Waals surface area contributed by atoms with E-state index < -0.39 is 0 Å². The summed E-state index contributed by atoms with van der Waals surface area (Å²) in [7, 11) is 1.68. The van der Waals surface area contributed by atoms with Gasteiger partial charge in [0.05, 0.1) is 7.11 Å². The molecule has 0 saturated carbocycles. The van der Waals surface area contributed by atoms with Crippen LogP contribution in [0.2, 0.25) is 0 Å². The summed E-state index contributed by atoms with van der Waals surface area (Å²) in [6, 6.07) is 21.8. The molecule has 1 nitrogen and oxygen atoms in total. The standard InChI is InChI=1S/C21H14O/c1-22-21-16-15-18(19-13-7-8-14-20(19)21)12-6-5-11-17-9-3-2-4-10-17/h2-4,7-10,13-16H,1H3. The lowest BCUT2D eigenvalue weighted by molar-refractivity contribution is 0.420. The van der Waals surface area contributed by atoms with Crippen LogP contribution < -0.4 is 4.74 Å². The minimum absolute atomic E-state index is 0.858. The Bertz CT molecular complexity index is 916. The van der Waals surface area contributed by atoms with E-state index >= 15 is 0 Å². The second-order valence-electron chi connectivity index (χ2n) is 4.73. The molecule has 22 heavy (non-hydrogen) atoms. The maximum Gasteiger partial charge on any atom is 0.126 e. The second-order valence-corrected chi connectivity index (χ2v) is 4.73. The molecule has 0 aromatic heterocycles. The van der Waals surface area contributed by atoms with Crippen LogP contribution in [-0.2, 0) is 0 Å². The fourth-order valence-corrected chi connectivity index (χ4v) is 2.28. The van der Waals surface area contributed by atoms with Gasteiger partial charge in [0.25, 0.3) is 0 Å². The molecule has 0 aliphatic heterocycles. The molecule has 3 aromatic carbocycles. The molecule has 0 radical (unpaired) electrons. The second kappa shape index (κ2) is 6.53. The molecule has 3 rings (SSSR count). The van der Waals surface area contributed by atoms with E-state index in [9.17, 15) is 0 Å². The van der Waals surface area contributed by atoms with Crippen molar-refractivity contribution in [3.05, 3.63) is 77.9 Å². The highest BCUT2D eigenvalue weighted by Crippen LogP contribution is 2.27. The number of methoxy groups -OCH3 is 1. The summed E-state index contributed by atoms with van der Waals surface area (Å²) < 4.78 is 5.39. The predicted octanol–water partition coefficient (Wildman–Crippen LogP) is 4.25. The number of benzene rings is 3. The van der Waals surface area contributed by atoms with Gasteiger partial charge in [0.1, 0.15) is 5.75 Å². The summed E-state index contributed by atoms with van der Waals surface area (Å²) in [5.74, 6) is 12.9. The first-order valence-corrected chi connectivity index (χ1v) is 7.01. The molecule has 0 atom stereocenters. The molecule has 3 aromatic rings. The topological polar surface area (TPSA) is 9.23 Å². The molecule has 0 spiro atoms. The van der Waals surface area contributed by atoms with E-state index in [0.717, 1.165) is 27.6 Å². The predicted molar refractivity (Wildman–Crippen MR) is 90.7 cm³/mol. The van der Waals surface area contributed by atoms with Crippen LogP contribution in [0, 0.1) is 23.7 Å². The first kappa shape index (κ1) is 13.8. The fourth-order valence-electron chi connectivity index (χ4n) is 2.28. The van der Waals surface area contributed by atoms with Gasteiger partial charge in [-0.2, -0.15) is 0 Å².